The zero-order chi connectivity index (χ0) is 24.9. The third kappa shape index (κ3) is 5.49. The molecule has 8 nitrogen and oxygen atoms in total. The number of aliphatic hydroxyl groups excluding tert-OH is 1. The molecule has 0 saturated carbocycles. The lowest BCUT2D eigenvalue weighted by molar-refractivity contribution is -0.140. The van der Waals surface area contributed by atoms with Gasteiger partial charge >= 0.3 is 0 Å². The quantitative estimate of drug-likeness (QED) is 0.353. The van der Waals surface area contributed by atoms with Crippen LogP contribution in [0.3, 0.4) is 0 Å². The molecule has 2 saturated heterocycles. The first kappa shape index (κ1) is 24.8. The van der Waals surface area contributed by atoms with E-state index in [2.05, 4.69) is 4.90 Å². The third-order valence-corrected chi connectivity index (χ3v) is 6.23. The maximum absolute atomic E-state index is 13.2. The van der Waals surface area contributed by atoms with Crippen molar-refractivity contribution in [3.63, 3.8) is 0 Å². The molecular weight excluding hydrogens is 448 g/mol. The summed E-state index contributed by atoms with van der Waals surface area (Å²) in [6.07, 6.45) is 0.0232. The molecule has 2 aliphatic heterocycles. The van der Waals surface area contributed by atoms with Crippen LogP contribution in [0.1, 0.15) is 31.0 Å². The van der Waals surface area contributed by atoms with E-state index in [1.807, 2.05) is 38.1 Å². The molecule has 0 radical (unpaired) electrons. The van der Waals surface area contributed by atoms with Crippen LogP contribution in [-0.2, 0) is 14.3 Å². The molecule has 1 N–H and O–H groups in total. The first-order chi connectivity index (χ1) is 16.9. The number of benzene rings is 2. The Balaban J connectivity index is 1.71. The molecule has 35 heavy (non-hydrogen) atoms. The van der Waals surface area contributed by atoms with Crippen LogP contribution in [0.4, 0.5) is 0 Å². The van der Waals surface area contributed by atoms with Crippen LogP contribution >= 0.6 is 0 Å². The molecule has 8 heteroatoms. The Morgan fingerprint density at radius 3 is 2.23 bits per heavy atom. The summed E-state index contributed by atoms with van der Waals surface area (Å²) in [5.74, 6) is -0.171. The van der Waals surface area contributed by atoms with Crippen LogP contribution in [0, 0.1) is 0 Å². The summed E-state index contributed by atoms with van der Waals surface area (Å²) >= 11 is 0. The smallest absolute Gasteiger partial charge is 0.295 e. The minimum atomic E-state index is -0.703. The number of hydrogen-bond donors (Lipinski definition) is 1. The Labute approximate surface area is 205 Å². The molecule has 2 aromatic carbocycles. The highest BCUT2D eigenvalue weighted by atomic mass is 16.5. The van der Waals surface area contributed by atoms with E-state index in [-0.39, 0.29) is 17.4 Å². The van der Waals surface area contributed by atoms with Crippen molar-refractivity contribution in [1.29, 1.82) is 0 Å². The predicted molar refractivity (Wildman–Crippen MR) is 131 cm³/mol. The Kier molecular flexibility index (Phi) is 7.73. The lowest BCUT2D eigenvalue weighted by atomic mass is 9.95. The highest BCUT2D eigenvalue weighted by molar-refractivity contribution is 6.46. The molecule has 0 aliphatic carbocycles. The second-order valence-electron chi connectivity index (χ2n) is 8.91. The number of rotatable bonds is 8. The van der Waals surface area contributed by atoms with E-state index in [0.717, 1.165) is 18.7 Å². The van der Waals surface area contributed by atoms with Gasteiger partial charge in [0.05, 0.1) is 38.0 Å². The summed E-state index contributed by atoms with van der Waals surface area (Å²) in [5, 5.41) is 11.2. The maximum Gasteiger partial charge on any atom is 0.295 e. The molecule has 0 bridgehead atoms. The normalized spacial score (nSPS) is 20.5. The standard InChI is InChI=1S/C27H32N2O6/c1-18(2)35-22-10-4-19(5-11-22)24-23(25(30)20-6-8-21(33-3)9-7-20)26(31)27(32)29(24)13-12-28-14-16-34-17-15-28/h4-11,18,24,30H,12-17H2,1-3H3/t24-/m0/s1. The number of aliphatic hydroxyl groups is 1. The summed E-state index contributed by atoms with van der Waals surface area (Å²) in [6, 6.07) is 13.4. The van der Waals surface area contributed by atoms with Gasteiger partial charge in [-0.2, -0.15) is 0 Å². The Bertz CT molecular complexity index is 1070. The fourth-order valence-electron chi connectivity index (χ4n) is 4.44. The van der Waals surface area contributed by atoms with Crippen LogP contribution in [0.2, 0.25) is 0 Å². The summed E-state index contributed by atoms with van der Waals surface area (Å²) in [7, 11) is 1.56. The molecule has 2 heterocycles. The largest absolute Gasteiger partial charge is 0.507 e. The molecule has 0 aromatic heterocycles. The second-order valence-corrected chi connectivity index (χ2v) is 8.91. The van der Waals surface area contributed by atoms with E-state index in [9.17, 15) is 14.7 Å². The molecule has 2 aromatic rings. The highest BCUT2D eigenvalue weighted by Gasteiger charge is 2.46. The minimum absolute atomic E-state index is 0.0232. The van der Waals surface area contributed by atoms with Gasteiger partial charge in [-0.3, -0.25) is 14.5 Å². The van der Waals surface area contributed by atoms with Crippen molar-refractivity contribution in [1.82, 2.24) is 9.80 Å². The first-order valence-corrected chi connectivity index (χ1v) is 11.9. The van der Waals surface area contributed by atoms with Gasteiger partial charge in [-0.1, -0.05) is 12.1 Å². The first-order valence-electron chi connectivity index (χ1n) is 11.9. The topological polar surface area (TPSA) is 88.5 Å². The molecule has 2 aliphatic rings. The van der Waals surface area contributed by atoms with E-state index in [1.54, 1.807) is 36.3 Å². The molecular formula is C27H32N2O6. The number of morpholine rings is 1. The van der Waals surface area contributed by atoms with Gasteiger partial charge in [0, 0.05) is 31.7 Å². The number of amides is 1. The maximum atomic E-state index is 13.2. The average molecular weight is 481 g/mol. The Morgan fingerprint density at radius 2 is 1.63 bits per heavy atom. The van der Waals surface area contributed by atoms with Gasteiger partial charge < -0.3 is 24.2 Å². The molecule has 2 fully saturated rings. The number of carbonyl (C=O) groups excluding carboxylic acids is 2. The van der Waals surface area contributed by atoms with Crippen molar-refractivity contribution in [3.8, 4) is 11.5 Å². The van der Waals surface area contributed by atoms with Gasteiger partial charge in [-0.05, 0) is 55.8 Å². The number of carbonyl (C=O) groups is 2. The van der Waals surface area contributed by atoms with Crippen molar-refractivity contribution >= 4 is 17.4 Å². The molecule has 1 atom stereocenters. The number of nitrogens with zero attached hydrogens (tertiary/aromatic N) is 2. The van der Waals surface area contributed by atoms with Gasteiger partial charge in [0.2, 0.25) is 0 Å². The summed E-state index contributed by atoms with van der Waals surface area (Å²) in [5.41, 5.74) is 1.26. The highest BCUT2D eigenvalue weighted by Crippen LogP contribution is 2.40. The average Bonchev–Trinajstić information content (AvgIpc) is 3.12. The monoisotopic (exact) mass is 480 g/mol. The van der Waals surface area contributed by atoms with Crippen molar-refractivity contribution in [3.05, 3.63) is 65.2 Å². The number of hydrogen-bond acceptors (Lipinski definition) is 7. The minimum Gasteiger partial charge on any atom is -0.507 e. The van der Waals surface area contributed by atoms with Crippen LogP contribution in [0.25, 0.3) is 5.76 Å². The number of Topliss-reactive ketones (excluding diaryl/α,β-unsaturated/α-hetero) is 1. The molecule has 0 spiro atoms. The molecule has 1 amide bonds. The fraction of sp³-hybridized carbons (Fsp3) is 0.407. The number of likely N-dealkylation sites (tertiary alicyclic amines) is 1. The lowest BCUT2D eigenvalue weighted by Gasteiger charge is -2.31. The summed E-state index contributed by atoms with van der Waals surface area (Å²) in [6.45, 7) is 7.73. The van der Waals surface area contributed by atoms with E-state index in [4.69, 9.17) is 14.2 Å². The fourth-order valence-corrected chi connectivity index (χ4v) is 4.44. The Hall–Kier alpha value is -3.36. The molecule has 186 valence electrons. The lowest BCUT2D eigenvalue weighted by Crippen LogP contribution is -2.42. The van der Waals surface area contributed by atoms with Gasteiger partial charge in [-0.15, -0.1) is 0 Å². The molecule has 0 unspecified atom stereocenters. The SMILES string of the molecule is COc1ccc(C(O)=C2C(=O)C(=O)N(CCN3CCOCC3)[C@H]2c2ccc(OC(C)C)cc2)cc1. The van der Waals surface area contributed by atoms with Crippen molar-refractivity contribution in [2.75, 3.05) is 46.5 Å². The second kappa shape index (κ2) is 10.9. The van der Waals surface area contributed by atoms with Gasteiger partial charge in [0.1, 0.15) is 17.3 Å². The molecule has 4 rings (SSSR count). The Morgan fingerprint density at radius 1 is 1.00 bits per heavy atom. The third-order valence-electron chi connectivity index (χ3n) is 6.23. The van der Waals surface area contributed by atoms with Crippen molar-refractivity contribution in [2.45, 2.75) is 26.0 Å². The zero-order valence-corrected chi connectivity index (χ0v) is 20.4. The number of ether oxygens (including phenoxy) is 3. The predicted octanol–water partition coefficient (Wildman–Crippen LogP) is 3.24. The summed E-state index contributed by atoms with van der Waals surface area (Å²) in [4.78, 5) is 30.1. The zero-order valence-electron chi connectivity index (χ0n) is 20.4. The van der Waals surface area contributed by atoms with Crippen molar-refractivity contribution < 1.29 is 28.9 Å². The number of ketones is 1. The van der Waals surface area contributed by atoms with Crippen molar-refractivity contribution in [2.24, 2.45) is 0 Å². The van der Waals surface area contributed by atoms with Crippen LogP contribution in [0.5, 0.6) is 11.5 Å². The van der Waals surface area contributed by atoms with Gasteiger partial charge in [0.25, 0.3) is 11.7 Å². The van der Waals surface area contributed by atoms with E-state index in [0.29, 0.717) is 43.4 Å². The van der Waals surface area contributed by atoms with Gasteiger partial charge in [0.15, 0.2) is 0 Å². The van der Waals surface area contributed by atoms with E-state index >= 15 is 0 Å². The van der Waals surface area contributed by atoms with E-state index in [1.165, 1.54) is 0 Å². The van der Waals surface area contributed by atoms with E-state index < -0.39 is 17.7 Å². The van der Waals surface area contributed by atoms with Crippen LogP contribution in [-0.4, -0.2) is 79.2 Å². The van der Waals surface area contributed by atoms with Gasteiger partial charge in [-0.25, -0.2) is 0 Å². The van der Waals surface area contributed by atoms with Crippen LogP contribution < -0.4 is 9.47 Å². The number of methoxy groups -OCH3 is 1. The summed E-state index contributed by atoms with van der Waals surface area (Å²) < 4.78 is 16.4. The van der Waals surface area contributed by atoms with Crippen LogP contribution in [0.15, 0.2) is 54.1 Å².